The molecule has 1 aliphatic carbocycles. The van der Waals surface area contributed by atoms with Crippen molar-refractivity contribution < 1.29 is 9.90 Å². The van der Waals surface area contributed by atoms with Crippen molar-refractivity contribution in [2.45, 2.75) is 38.3 Å². The number of rotatable bonds is 5. The Balaban J connectivity index is 2.43. The third-order valence-electron chi connectivity index (χ3n) is 3.28. The molecular formula is C11H22N2O2. The van der Waals surface area contributed by atoms with Crippen molar-refractivity contribution >= 4 is 5.91 Å². The first-order valence-electron chi connectivity index (χ1n) is 5.46. The summed E-state index contributed by atoms with van der Waals surface area (Å²) in [5, 5.41) is 9.17. The number of carbonyl (C=O) groups excluding carboxylic acids is 1. The van der Waals surface area contributed by atoms with E-state index in [1.165, 1.54) is 0 Å². The van der Waals surface area contributed by atoms with Gasteiger partial charge in [0.25, 0.3) is 0 Å². The van der Waals surface area contributed by atoms with Crippen LogP contribution in [-0.4, -0.2) is 59.6 Å². The molecule has 0 aromatic rings. The summed E-state index contributed by atoms with van der Waals surface area (Å²) >= 11 is 0. The Morgan fingerprint density at radius 2 is 1.93 bits per heavy atom. The summed E-state index contributed by atoms with van der Waals surface area (Å²) in [6, 6.07) is 0.461. The molecule has 0 aliphatic heterocycles. The molecule has 1 aliphatic rings. The Labute approximate surface area is 91.9 Å². The van der Waals surface area contributed by atoms with Gasteiger partial charge >= 0.3 is 0 Å². The number of nitrogens with zero attached hydrogens (tertiary/aromatic N) is 2. The summed E-state index contributed by atoms with van der Waals surface area (Å²) in [6.07, 6.45) is 2.27. The molecule has 0 heterocycles. The molecule has 4 heteroatoms. The van der Waals surface area contributed by atoms with E-state index in [9.17, 15) is 9.90 Å². The number of hydrogen-bond donors (Lipinski definition) is 1. The Hall–Kier alpha value is -0.610. The van der Waals surface area contributed by atoms with Gasteiger partial charge in [-0.3, -0.25) is 9.69 Å². The number of hydrogen-bond acceptors (Lipinski definition) is 3. The van der Waals surface area contributed by atoms with Crippen molar-refractivity contribution in [1.82, 2.24) is 9.80 Å². The van der Waals surface area contributed by atoms with E-state index in [0.29, 0.717) is 12.6 Å². The van der Waals surface area contributed by atoms with Gasteiger partial charge in [-0.2, -0.15) is 0 Å². The van der Waals surface area contributed by atoms with Crippen molar-refractivity contribution in [2.24, 2.45) is 0 Å². The van der Waals surface area contributed by atoms with Gasteiger partial charge in [0, 0.05) is 18.6 Å². The van der Waals surface area contributed by atoms with E-state index in [-0.39, 0.29) is 18.1 Å². The minimum atomic E-state index is -0.333. The van der Waals surface area contributed by atoms with Crippen molar-refractivity contribution in [2.75, 3.05) is 27.2 Å². The number of aliphatic hydroxyl groups excluding tert-OH is 1. The summed E-state index contributed by atoms with van der Waals surface area (Å²) in [4.78, 5) is 15.5. The van der Waals surface area contributed by atoms with E-state index in [2.05, 4.69) is 0 Å². The highest BCUT2D eigenvalue weighted by Gasteiger charge is 2.31. The zero-order valence-electron chi connectivity index (χ0n) is 10.2. The summed E-state index contributed by atoms with van der Waals surface area (Å²) in [6.45, 7) is 4.29. The van der Waals surface area contributed by atoms with Crippen molar-refractivity contribution in [3.63, 3.8) is 0 Å². The zero-order valence-corrected chi connectivity index (χ0v) is 10.2. The van der Waals surface area contributed by atoms with Gasteiger partial charge in [0.1, 0.15) is 0 Å². The van der Waals surface area contributed by atoms with Gasteiger partial charge in [0.2, 0.25) is 5.91 Å². The molecule has 0 aromatic heterocycles. The van der Waals surface area contributed by atoms with Crippen LogP contribution in [0.5, 0.6) is 0 Å². The second-order valence-electron chi connectivity index (χ2n) is 5.06. The molecule has 0 radical (unpaired) electrons. The summed E-state index contributed by atoms with van der Waals surface area (Å²) in [5.74, 6) is 0.140. The van der Waals surface area contributed by atoms with Gasteiger partial charge in [-0.05, 0) is 33.7 Å². The monoisotopic (exact) mass is 214 g/mol. The molecule has 15 heavy (non-hydrogen) atoms. The Morgan fingerprint density at radius 1 is 1.40 bits per heavy atom. The molecule has 1 rings (SSSR count). The first kappa shape index (κ1) is 12.5. The average molecular weight is 214 g/mol. The van der Waals surface area contributed by atoms with Crippen LogP contribution in [0.2, 0.25) is 0 Å². The Morgan fingerprint density at radius 3 is 2.33 bits per heavy atom. The highest BCUT2D eigenvalue weighted by molar-refractivity contribution is 5.78. The van der Waals surface area contributed by atoms with Crippen LogP contribution in [0, 0.1) is 0 Å². The van der Waals surface area contributed by atoms with Gasteiger partial charge < -0.3 is 10.0 Å². The molecule has 1 saturated carbocycles. The smallest absolute Gasteiger partial charge is 0.236 e. The van der Waals surface area contributed by atoms with Crippen LogP contribution >= 0.6 is 0 Å². The number of carbonyl (C=O) groups is 1. The quantitative estimate of drug-likeness (QED) is 0.716. The second kappa shape index (κ2) is 4.49. The predicted octanol–water partition coefficient (Wildman–Crippen LogP) is 0.310. The lowest BCUT2D eigenvalue weighted by molar-refractivity contribution is -0.132. The first-order chi connectivity index (χ1) is 6.88. The largest absolute Gasteiger partial charge is 0.394 e. The fourth-order valence-corrected chi connectivity index (χ4v) is 1.31. The molecule has 4 nitrogen and oxygen atoms in total. The average Bonchev–Trinajstić information content (AvgIpc) is 2.99. The van der Waals surface area contributed by atoms with Gasteiger partial charge in [-0.25, -0.2) is 0 Å². The fraction of sp³-hybridized carbons (Fsp3) is 0.909. The zero-order chi connectivity index (χ0) is 11.6. The van der Waals surface area contributed by atoms with Gasteiger partial charge in [0.15, 0.2) is 0 Å². The van der Waals surface area contributed by atoms with Crippen LogP contribution in [-0.2, 0) is 4.79 Å². The number of aliphatic hydroxyl groups is 1. The summed E-state index contributed by atoms with van der Waals surface area (Å²) in [5.41, 5.74) is -0.333. The maximum absolute atomic E-state index is 11.8. The van der Waals surface area contributed by atoms with Crippen LogP contribution in [0.15, 0.2) is 0 Å². The Bertz CT molecular complexity index is 237. The molecule has 1 fully saturated rings. The van der Waals surface area contributed by atoms with Crippen LogP contribution in [0.4, 0.5) is 0 Å². The molecule has 1 amide bonds. The highest BCUT2D eigenvalue weighted by atomic mass is 16.3. The van der Waals surface area contributed by atoms with Crippen LogP contribution in [0.3, 0.4) is 0 Å². The SMILES string of the molecule is CN(C(=O)CN(C)C(C)(C)CO)C1CC1. The minimum absolute atomic E-state index is 0.0594. The molecule has 0 unspecified atom stereocenters. The fourth-order valence-electron chi connectivity index (χ4n) is 1.31. The molecule has 0 bridgehead atoms. The number of likely N-dealkylation sites (N-methyl/N-ethyl adjacent to an activating group) is 2. The van der Waals surface area contributed by atoms with Gasteiger partial charge in [0.05, 0.1) is 13.2 Å². The van der Waals surface area contributed by atoms with Gasteiger partial charge in [-0.15, -0.1) is 0 Å². The van der Waals surface area contributed by atoms with Crippen molar-refractivity contribution in [1.29, 1.82) is 0 Å². The van der Waals surface area contributed by atoms with Crippen LogP contribution in [0.25, 0.3) is 0 Å². The van der Waals surface area contributed by atoms with Crippen LogP contribution < -0.4 is 0 Å². The molecular weight excluding hydrogens is 192 g/mol. The molecule has 0 atom stereocenters. The van der Waals surface area contributed by atoms with Crippen LogP contribution in [0.1, 0.15) is 26.7 Å². The summed E-state index contributed by atoms with van der Waals surface area (Å²) < 4.78 is 0. The second-order valence-corrected chi connectivity index (χ2v) is 5.06. The van der Waals surface area contributed by atoms with E-state index in [1.807, 2.05) is 37.7 Å². The maximum atomic E-state index is 11.8. The highest BCUT2D eigenvalue weighted by Crippen LogP contribution is 2.25. The molecule has 0 saturated heterocycles. The lowest BCUT2D eigenvalue weighted by atomic mass is 10.1. The topological polar surface area (TPSA) is 43.8 Å². The third-order valence-corrected chi connectivity index (χ3v) is 3.28. The van der Waals surface area contributed by atoms with E-state index in [0.717, 1.165) is 12.8 Å². The third kappa shape index (κ3) is 3.18. The lowest BCUT2D eigenvalue weighted by Crippen LogP contribution is -2.49. The lowest BCUT2D eigenvalue weighted by Gasteiger charge is -2.34. The maximum Gasteiger partial charge on any atom is 0.236 e. The minimum Gasteiger partial charge on any atom is -0.394 e. The molecule has 0 spiro atoms. The standard InChI is InChI=1S/C11H22N2O2/c1-11(2,8-14)12(3)7-10(15)13(4)9-5-6-9/h9,14H,5-8H2,1-4H3. The number of amides is 1. The normalized spacial score (nSPS) is 16.9. The Kier molecular flexibility index (Phi) is 3.73. The van der Waals surface area contributed by atoms with E-state index < -0.39 is 0 Å². The van der Waals surface area contributed by atoms with E-state index in [4.69, 9.17) is 0 Å². The van der Waals surface area contributed by atoms with Crippen molar-refractivity contribution in [3.8, 4) is 0 Å². The predicted molar refractivity (Wildman–Crippen MR) is 59.6 cm³/mol. The molecule has 88 valence electrons. The molecule has 1 N–H and O–H groups in total. The van der Waals surface area contributed by atoms with Gasteiger partial charge in [-0.1, -0.05) is 0 Å². The summed E-state index contributed by atoms with van der Waals surface area (Å²) in [7, 11) is 3.73. The van der Waals surface area contributed by atoms with E-state index in [1.54, 1.807) is 0 Å². The first-order valence-corrected chi connectivity index (χ1v) is 5.46. The van der Waals surface area contributed by atoms with E-state index >= 15 is 0 Å². The van der Waals surface area contributed by atoms with Crippen molar-refractivity contribution in [3.05, 3.63) is 0 Å². The molecule has 0 aromatic carbocycles.